The summed E-state index contributed by atoms with van der Waals surface area (Å²) in [4.78, 5) is 7.84. The van der Waals surface area contributed by atoms with Crippen molar-refractivity contribution in [1.29, 1.82) is 0 Å². The van der Waals surface area contributed by atoms with Crippen molar-refractivity contribution in [3.05, 3.63) is 36.4 Å². The molecule has 1 aromatic carbocycles. The smallest absolute Gasteiger partial charge is 0.221 e. The van der Waals surface area contributed by atoms with Crippen molar-refractivity contribution in [3.8, 4) is 5.69 Å². The lowest BCUT2D eigenvalue weighted by Crippen LogP contribution is -1.99. The molecule has 0 aliphatic rings. The summed E-state index contributed by atoms with van der Waals surface area (Å²) in [6, 6.07) is 6.03. The lowest BCUT2D eigenvalue weighted by molar-refractivity contribution is 0.623. The summed E-state index contributed by atoms with van der Waals surface area (Å²) in [5, 5.41) is 8.12. The predicted molar refractivity (Wildman–Crippen MR) is 49.8 cm³/mol. The first-order valence-electron chi connectivity index (χ1n) is 4.28. The van der Waals surface area contributed by atoms with Gasteiger partial charge in [0.05, 0.1) is 5.69 Å². The number of halogens is 1. The van der Waals surface area contributed by atoms with Gasteiger partial charge in [0.1, 0.15) is 5.82 Å². The third kappa shape index (κ3) is 1.26. The molecule has 0 atom stereocenters. The molecule has 0 aliphatic carbocycles. The van der Waals surface area contributed by atoms with E-state index in [9.17, 15) is 4.39 Å². The fraction of sp³-hybridized carbons (Fsp3) is 0. The van der Waals surface area contributed by atoms with E-state index in [1.54, 1.807) is 12.1 Å². The van der Waals surface area contributed by atoms with E-state index >= 15 is 0 Å². The predicted octanol–water partition coefficient (Wildman–Crippen LogP) is 1.08. The topological polar surface area (TPSA) is 59.4 Å². The molecular weight excluding hydrogens is 197 g/mol. The minimum Gasteiger partial charge on any atom is -0.317 e. The van der Waals surface area contributed by atoms with E-state index in [-0.39, 0.29) is 5.82 Å². The second kappa shape index (κ2) is 2.88. The molecule has 0 spiro atoms. The zero-order valence-corrected chi connectivity index (χ0v) is 7.48. The Morgan fingerprint density at radius 1 is 1.33 bits per heavy atom. The molecule has 0 saturated carbocycles. The molecule has 0 unspecified atom stereocenters. The molecule has 2 aromatic heterocycles. The fourth-order valence-corrected chi connectivity index (χ4v) is 1.30. The van der Waals surface area contributed by atoms with Gasteiger partial charge in [0.2, 0.25) is 11.3 Å². The van der Waals surface area contributed by atoms with Gasteiger partial charge in [0.15, 0.2) is 6.33 Å². The molecule has 0 saturated heterocycles. The van der Waals surface area contributed by atoms with E-state index in [1.807, 2.05) is 0 Å². The molecule has 3 rings (SSSR count). The highest BCUT2D eigenvalue weighted by atomic mass is 19.1. The molecule has 0 amide bonds. The molecule has 73 valence electrons. The summed E-state index contributed by atoms with van der Waals surface area (Å²) in [7, 11) is 0. The Balaban J connectivity index is 2.17. The normalized spacial score (nSPS) is 11.0. The van der Waals surface area contributed by atoms with Crippen LogP contribution in [0.3, 0.4) is 0 Å². The molecule has 1 radical (unpaired) electrons. The number of H-pyrrole nitrogens is 1. The number of hydrogen-bond donors (Lipinski definition) is 1. The summed E-state index contributed by atoms with van der Waals surface area (Å²) in [5.74, 6) is -0.326. The second-order valence-electron chi connectivity index (χ2n) is 2.99. The Kier molecular flexibility index (Phi) is 1.55. The van der Waals surface area contributed by atoms with Crippen LogP contribution in [-0.2, 0) is 0 Å². The number of nitrogens with one attached hydrogen (secondary N) is 1. The van der Waals surface area contributed by atoms with Crippen LogP contribution in [0.4, 0.5) is 4.39 Å². The van der Waals surface area contributed by atoms with Crippen molar-refractivity contribution in [1.82, 2.24) is 25.0 Å². The molecule has 15 heavy (non-hydrogen) atoms. The maximum atomic E-state index is 12.9. The highest BCUT2D eigenvalue weighted by Crippen LogP contribution is 2.09. The average Bonchev–Trinajstić information content (AvgIpc) is 2.76. The second-order valence-corrected chi connectivity index (χ2v) is 2.99. The van der Waals surface area contributed by atoms with Gasteiger partial charge in [-0.05, 0) is 12.1 Å². The number of benzene rings is 1. The van der Waals surface area contributed by atoms with Crippen molar-refractivity contribution in [2.75, 3.05) is 0 Å². The largest absolute Gasteiger partial charge is 0.317 e. The van der Waals surface area contributed by atoms with Gasteiger partial charge in [-0.3, -0.25) is 0 Å². The Labute approximate surface area is 83.6 Å². The van der Waals surface area contributed by atoms with Crippen LogP contribution in [0.5, 0.6) is 0 Å². The summed E-state index contributed by atoms with van der Waals surface area (Å²) in [6.45, 7) is 0. The summed E-state index contributed by atoms with van der Waals surface area (Å²) in [5.41, 5.74) is 1.54. The van der Waals surface area contributed by atoms with Crippen LogP contribution in [0.2, 0.25) is 0 Å². The van der Waals surface area contributed by atoms with E-state index in [0.717, 1.165) is 0 Å². The number of imidazole rings is 1. The minimum atomic E-state index is -0.326. The van der Waals surface area contributed by atoms with Crippen molar-refractivity contribution < 1.29 is 4.39 Å². The number of rotatable bonds is 1. The minimum absolute atomic E-state index is 0.326. The number of fused-ring (bicyclic) bond motifs is 1. The molecule has 6 heteroatoms. The highest BCUT2D eigenvalue weighted by molar-refractivity contribution is 5.63. The lowest BCUT2D eigenvalue weighted by atomic mass is 10.3. The average molecular weight is 202 g/mol. The zero-order chi connectivity index (χ0) is 10.3. The van der Waals surface area contributed by atoms with Crippen LogP contribution in [0.25, 0.3) is 17.0 Å². The van der Waals surface area contributed by atoms with Gasteiger partial charge < -0.3 is 4.98 Å². The number of aromatic nitrogens is 5. The first-order valence-corrected chi connectivity index (χ1v) is 4.28. The van der Waals surface area contributed by atoms with Crippen LogP contribution in [0.15, 0.2) is 24.3 Å². The first kappa shape index (κ1) is 8.10. The van der Waals surface area contributed by atoms with Gasteiger partial charge in [0.25, 0.3) is 0 Å². The third-order valence-corrected chi connectivity index (χ3v) is 1.97. The van der Waals surface area contributed by atoms with Gasteiger partial charge in [-0.15, -0.1) is 15.0 Å². The standard InChI is InChI=1S/C9H5FN5/c10-6-2-1-3-7(4-6)15-13-8-9(14-15)12-5-11-8/h1-4H,(H,11,12,13,14). The van der Waals surface area contributed by atoms with Gasteiger partial charge in [-0.2, -0.15) is 0 Å². The molecule has 2 heterocycles. The van der Waals surface area contributed by atoms with E-state index in [2.05, 4.69) is 26.5 Å². The van der Waals surface area contributed by atoms with Crippen LogP contribution >= 0.6 is 0 Å². The van der Waals surface area contributed by atoms with Gasteiger partial charge in [-0.25, -0.2) is 9.37 Å². The Hall–Kier alpha value is -2.24. The first-order chi connectivity index (χ1) is 7.33. The maximum Gasteiger partial charge on any atom is 0.221 e. The van der Waals surface area contributed by atoms with Crippen molar-refractivity contribution in [3.63, 3.8) is 0 Å². The van der Waals surface area contributed by atoms with Crippen molar-refractivity contribution in [2.45, 2.75) is 0 Å². The van der Waals surface area contributed by atoms with Gasteiger partial charge >= 0.3 is 0 Å². The molecular formula is C9H5FN5. The van der Waals surface area contributed by atoms with E-state index in [1.165, 1.54) is 16.9 Å². The quantitative estimate of drug-likeness (QED) is 0.642. The van der Waals surface area contributed by atoms with E-state index in [4.69, 9.17) is 0 Å². The van der Waals surface area contributed by atoms with Crippen LogP contribution in [-0.4, -0.2) is 25.0 Å². The number of nitrogens with zero attached hydrogens (tertiary/aromatic N) is 4. The Bertz CT molecular complexity index is 583. The third-order valence-electron chi connectivity index (χ3n) is 1.97. The monoisotopic (exact) mass is 202 g/mol. The molecule has 0 bridgehead atoms. The molecule has 3 aromatic rings. The van der Waals surface area contributed by atoms with Crippen LogP contribution in [0.1, 0.15) is 0 Å². The lowest BCUT2D eigenvalue weighted by Gasteiger charge is -1.97. The zero-order valence-electron chi connectivity index (χ0n) is 7.48. The summed E-state index contributed by atoms with van der Waals surface area (Å²) < 4.78 is 12.9. The molecule has 5 nitrogen and oxygen atoms in total. The maximum absolute atomic E-state index is 12.9. The van der Waals surface area contributed by atoms with Gasteiger partial charge in [0, 0.05) is 6.07 Å². The molecule has 0 fully saturated rings. The van der Waals surface area contributed by atoms with Crippen LogP contribution in [0, 0.1) is 12.1 Å². The van der Waals surface area contributed by atoms with Crippen LogP contribution < -0.4 is 0 Å². The van der Waals surface area contributed by atoms with E-state index in [0.29, 0.717) is 17.0 Å². The molecule has 1 N–H and O–H groups in total. The number of hydrogen-bond acceptors (Lipinski definition) is 3. The fourth-order valence-electron chi connectivity index (χ4n) is 1.30. The summed E-state index contributed by atoms with van der Waals surface area (Å²) >= 11 is 0. The van der Waals surface area contributed by atoms with Crippen molar-refractivity contribution in [2.24, 2.45) is 0 Å². The Morgan fingerprint density at radius 2 is 2.27 bits per heavy atom. The molecule has 0 aliphatic heterocycles. The SMILES string of the molecule is Fc1cccc(-n2nc3n[c][nH]c3n2)c1. The number of aromatic amines is 1. The van der Waals surface area contributed by atoms with Crippen molar-refractivity contribution >= 4 is 11.3 Å². The summed E-state index contributed by atoms with van der Waals surface area (Å²) in [6.07, 6.45) is 2.52. The Morgan fingerprint density at radius 3 is 3.07 bits per heavy atom. The highest BCUT2D eigenvalue weighted by Gasteiger charge is 2.06. The van der Waals surface area contributed by atoms with E-state index < -0.39 is 0 Å². The van der Waals surface area contributed by atoms with Gasteiger partial charge in [-0.1, -0.05) is 6.07 Å².